The summed E-state index contributed by atoms with van der Waals surface area (Å²) in [6, 6.07) is 7.96. The van der Waals surface area contributed by atoms with Gasteiger partial charge in [-0.25, -0.2) is 23.1 Å². The molecule has 2 aromatic rings. The van der Waals surface area contributed by atoms with Crippen molar-refractivity contribution in [3.05, 3.63) is 30.6 Å². The third kappa shape index (κ3) is 4.67. The maximum atomic E-state index is 12.1. The average Bonchev–Trinajstić information content (AvgIpc) is 2.59. The molecule has 6 nitrogen and oxygen atoms in total. The summed E-state index contributed by atoms with van der Waals surface area (Å²) in [5.74, 6) is 1.51. The number of nitrogens with zero attached hydrogens (tertiary/aromatic N) is 3. The fourth-order valence-corrected chi connectivity index (χ4v) is 4.96. The Hall–Kier alpha value is -1.73. The zero-order valence-electron chi connectivity index (χ0n) is 14.9. The minimum Gasteiger partial charge on any atom is -0.356 e. The van der Waals surface area contributed by atoms with Gasteiger partial charge in [-0.1, -0.05) is 12.1 Å². The first kappa shape index (κ1) is 18.1. The highest BCUT2D eigenvalue weighted by atomic mass is 32.2. The van der Waals surface area contributed by atoms with Crippen LogP contribution in [0.4, 0.5) is 5.82 Å². The molecule has 0 bridgehead atoms. The van der Waals surface area contributed by atoms with Crippen LogP contribution in [0, 0.1) is 5.92 Å². The molecule has 0 radical (unpaired) electrons. The molecule has 0 aliphatic carbocycles. The van der Waals surface area contributed by atoms with Crippen molar-refractivity contribution in [3.8, 4) is 0 Å². The molecule has 1 saturated heterocycles. The Morgan fingerprint density at radius 3 is 2.88 bits per heavy atom. The van der Waals surface area contributed by atoms with Crippen LogP contribution in [0.3, 0.4) is 0 Å². The predicted molar refractivity (Wildman–Crippen MR) is 101 cm³/mol. The summed E-state index contributed by atoms with van der Waals surface area (Å²) in [4.78, 5) is 11.1. The summed E-state index contributed by atoms with van der Waals surface area (Å²) in [5.41, 5.74) is 0.943. The van der Waals surface area contributed by atoms with Gasteiger partial charge in [-0.05, 0) is 51.2 Å². The number of rotatable bonds is 6. The van der Waals surface area contributed by atoms with Gasteiger partial charge in [0.2, 0.25) is 10.0 Å². The predicted octanol–water partition coefficient (Wildman–Crippen LogP) is 2.56. The first-order valence-corrected chi connectivity index (χ1v) is 10.5. The van der Waals surface area contributed by atoms with Crippen LogP contribution in [0.25, 0.3) is 10.9 Å². The van der Waals surface area contributed by atoms with Gasteiger partial charge in [-0.3, -0.25) is 0 Å². The number of hydrogen-bond acceptors (Lipinski definition) is 5. The lowest BCUT2D eigenvalue weighted by Crippen LogP contribution is -2.38. The number of para-hydroxylation sites is 1. The van der Waals surface area contributed by atoms with Crippen molar-refractivity contribution in [2.45, 2.75) is 39.2 Å². The molecule has 1 aromatic carbocycles. The number of sulfonamides is 1. The number of nitrogens with one attached hydrogen (secondary N) is 1. The highest BCUT2D eigenvalue weighted by Gasteiger charge is 2.24. The molecule has 1 N–H and O–H groups in total. The third-order valence-electron chi connectivity index (χ3n) is 4.55. The summed E-state index contributed by atoms with van der Waals surface area (Å²) in [6.07, 6.45) is 4.41. The zero-order valence-corrected chi connectivity index (χ0v) is 15.7. The molecule has 1 fully saturated rings. The van der Waals surface area contributed by atoms with Crippen molar-refractivity contribution in [2.24, 2.45) is 5.92 Å². The van der Waals surface area contributed by atoms with Crippen LogP contribution < -0.4 is 9.62 Å². The standard InChI is InChI=1S/C18H26N4O2S/c1-14(2)21-25(23,24)11-9-15-6-5-10-22(12-15)18-16-7-3-4-8-17(16)19-13-20-18/h3-4,7-8,13-15,21H,5-6,9-12H2,1-2H3. The van der Waals surface area contributed by atoms with Crippen LogP contribution in [-0.4, -0.2) is 43.3 Å². The Bertz CT molecular complexity index is 817. The van der Waals surface area contributed by atoms with Gasteiger partial charge in [0.05, 0.1) is 11.3 Å². The Balaban J connectivity index is 1.69. The second-order valence-electron chi connectivity index (χ2n) is 7.05. The molecule has 1 atom stereocenters. The van der Waals surface area contributed by atoms with Gasteiger partial charge in [0.1, 0.15) is 12.1 Å². The summed E-state index contributed by atoms with van der Waals surface area (Å²) in [5, 5.41) is 1.06. The monoisotopic (exact) mass is 362 g/mol. The largest absolute Gasteiger partial charge is 0.356 e. The van der Waals surface area contributed by atoms with E-state index < -0.39 is 10.0 Å². The number of hydrogen-bond donors (Lipinski definition) is 1. The average molecular weight is 362 g/mol. The molecule has 25 heavy (non-hydrogen) atoms. The minimum atomic E-state index is -3.19. The van der Waals surface area contributed by atoms with E-state index in [1.165, 1.54) is 0 Å². The summed E-state index contributed by atoms with van der Waals surface area (Å²) >= 11 is 0. The van der Waals surface area contributed by atoms with E-state index in [1.807, 2.05) is 38.1 Å². The molecular formula is C18H26N4O2S. The molecule has 7 heteroatoms. The van der Waals surface area contributed by atoms with Gasteiger partial charge in [-0.15, -0.1) is 0 Å². The molecule has 136 valence electrons. The van der Waals surface area contributed by atoms with E-state index in [0.29, 0.717) is 12.3 Å². The van der Waals surface area contributed by atoms with E-state index in [-0.39, 0.29) is 11.8 Å². The van der Waals surface area contributed by atoms with Gasteiger partial charge < -0.3 is 4.90 Å². The summed E-state index contributed by atoms with van der Waals surface area (Å²) < 4.78 is 26.8. The van der Waals surface area contributed by atoms with Gasteiger partial charge in [-0.2, -0.15) is 0 Å². The van der Waals surface area contributed by atoms with Crippen LogP contribution in [0.1, 0.15) is 33.1 Å². The highest BCUT2D eigenvalue weighted by molar-refractivity contribution is 7.89. The van der Waals surface area contributed by atoms with Crippen LogP contribution >= 0.6 is 0 Å². The Morgan fingerprint density at radius 1 is 1.28 bits per heavy atom. The van der Waals surface area contributed by atoms with Crippen molar-refractivity contribution in [1.82, 2.24) is 14.7 Å². The second-order valence-corrected chi connectivity index (χ2v) is 8.92. The van der Waals surface area contributed by atoms with Gasteiger partial charge in [0.15, 0.2) is 0 Å². The van der Waals surface area contributed by atoms with E-state index >= 15 is 0 Å². The van der Waals surface area contributed by atoms with Crippen molar-refractivity contribution in [1.29, 1.82) is 0 Å². The normalized spacial score (nSPS) is 18.8. The number of benzene rings is 1. The molecule has 1 aliphatic heterocycles. The van der Waals surface area contributed by atoms with E-state index in [2.05, 4.69) is 19.6 Å². The molecular weight excluding hydrogens is 336 g/mol. The smallest absolute Gasteiger partial charge is 0.211 e. The molecule has 1 aromatic heterocycles. The molecule has 0 saturated carbocycles. The fourth-order valence-electron chi connectivity index (χ4n) is 3.48. The highest BCUT2D eigenvalue weighted by Crippen LogP contribution is 2.28. The first-order chi connectivity index (χ1) is 11.9. The maximum absolute atomic E-state index is 12.1. The number of anilines is 1. The number of piperidine rings is 1. The number of aromatic nitrogens is 2. The van der Waals surface area contributed by atoms with Crippen LogP contribution in [0.5, 0.6) is 0 Å². The third-order valence-corrected chi connectivity index (χ3v) is 6.15. The van der Waals surface area contributed by atoms with Gasteiger partial charge in [0.25, 0.3) is 0 Å². The van der Waals surface area contributed by atoms with Crippen LogP contribution in [0.2, 0.25) is 0 Å². The zero-order chi connectivity index (χ0) is 17.9. The van der Waals surface area contributed by atoms with E-state index in [0.717, 1.165) is 42.7 Å². The Morgan fingerprint density at radius 2 is 2.08 bits per heavy atom. The summed E-state index contributed by atoms with van der Waals surface area (Å²) in [7, 11) is -3.19. The lowest BCUT2D eigenvalue weighted by Gasteiger charge is -2.34. The van der Waals surface area contributed by atoms with Gasteiger partial charge in [0, 0.05) is 24.5 Å². The summed E-state index contributed by atoms with van der Waals surface area (Å²) in [6.45, 7) is 5.49. The van der Waals surface area contributed by atoms with Crippen molar-refractivity contribution >= 4 is 26.7 Å². The quantitative estimate of drug-likeness (QED) is 0.855. The first-order valence-electron chi connectivity index (χ1n) is 8.89. The van der Waals surface area contributed by atoms with Crippen LogP contribution in [-0.2, 0) is 10.0 Å². The second kappa shape index (κ2) is 7.66. The fraction of sp³-hybridized carbons (Fsp3) is 0.556. The minimum absolute atomic E-state index is 0.0553. The molecule has 1 aliphatic rings. The molecule has 0 spiro atoms. The van der Waals surface area contributed by atoms with Crippen molar-refractivity contribution < 1.29 is 8.42 Å². The SMILES string of the molecule is CC(C)NS(=O)(=O)CCC1CCCN(c2ncnc3ccccc23)C1. The lowest BCUT2D eigenvalue weighted by atomic mass is 9.95. The van der Waals surface area contributed by atoms with Crippen molar-refractivity contribution in [3.63, 3.8) is 0 Å². The van der Waals surface area contributed by atoms with E-state index in [1.54, 1.807) is 6.33 Å². The number of fused-ring (bicyclic) bond motifs is 1. The molecule has 3 rings (SSSR count). The molecule has 2 heterocycles. The molecule has 1 unspecified atom stereocenters. The topological polar surface area (TPSA) is 75.2 Å². The van der Waals surface area contributed by atoms with Crippen LogP contribution in [0.15, 0.2) is 30.6 Å². The van der Waals surface area contributed by atoms with E-state index in [9.17, 15) is 8.42 Å². The Kier molecular flexibility index (Phi) is 5.54. The maximum Gasteiger partial charge on any atom is 0.211 e. The van der Waals surface area contributed by atoms with E-state index in [4.69, 9.17) is 0 Å². The Labute approximate surface area is 149 Å². The lowest BCUT2D eigenvalue weighted by molar-refractivity contribution is 0.402. The van der Waals surface area contributed by atoms with Gasteiger partial charge >= 0.3 is 0 Å². The van der Waals surface area contributed by atoms with Crippen molar-refractivity contribution in [2.75, 3.05) is 23.7 Å². The molecule has 0 amide bonds.